The van der Waals surface area contributed by atoms with Gasteiger partial charge in [-0.1, -0.05) is 13.8 Å². The minimum Gasteiger partial charge on any atom is -0.392 e. The summed E-state index contributed by atoms with van der Waals surface area (Å²) in [6, 6.07) is 0. The molecule has 1 atom stereocenters. The van der Waals surface area contributed by atoms with Gasteiger partial charge >= 0.3 is 0 Å². The van der Waals surface area contributed by atoms with Crippen LogP contribution in [-0.2, 0) is 0 Å². The highest BCUT2D eigenvalue weighted by molar-refractivity contribution is 9.10. The van der Waals surface area contributed by atoms with Crippen molar-refractivity contribution in [3.63, 3.8) is 0 Å². The summed E-state index contributed by atoms with van der Waals surface area (Å²) in [5.74, 6) is 0.727. The molecular formula is C9H15BrN4O. The Morgan fingerprint density at radius 2 is 2.00 bits per heavy atom. The highest BCUT2D eigenvalue weighted by atomic mass is 79.9. The van der Waals surface area contributed by atoms with Crippen LogP contribution in [0.25, 0.3) is 0 Å². The second kappa shape index (κ2) is 5.37. The van der Waals surface area contributed by atoms with E-state index < -0.39 is 6.10 Å². The first kappa shape index (κ1) is 12.3. The molecule has 0 saturated heterocycles. The van der Waals surface area contributed by atoms with Gasteiger partial charge in [0.1, 0.15) is 0 Å². The lowest BCUT2D eigenvalue weighted by molar-refractivity contribution is 0.208. The fourth-order valence-electron chi connectivity index (χ4n) is 1.01. The molecule has 0 amide bonds. The van der Waals surface area contributed by atoms with Crippen LogP contribution in [-0.4, -0.2) is 32.9 Å². The number of anilines is 1. The molecule has 0 aliphatic carbocycles. The van der Waals surface area contributed by atoms with Gasteiger partial charge in [-0.25, -0.2) is 4.98 Å². The van der Waals surface area contributed by atoms with E-state index in [4.69, 9.17) is 5.11 Å². The number of aromatic nitrogens is 3. The Labute approximate surface area is 97.5 Å². The Morgan fingerprint density at radius 3 is 2.53 bits per heavy atom. The minimum absolute atomic E-state index is 0.280. The molecule has 0 aliphatic heterocycles. The topological polar surface area (TPSA) is 70.9 Å². The van der Waals surface area contributed by atoms with E-state index in [1.807, 2.05) is 13.8 Å². The quantitative estimate of drug-likeness (QED) is 0.872. The zero-order chi connectivity index (χ0) is 11.4. The number of nitrogens with zero attached hydrogens (tertiary/aromatic N) is 3. The molecule has 0 spiro atoms. The van der Waals surface area contributed by atoms with E-state index in [0.717, 1.165) is 5.69 Å². The van der Waals surface area contributed by atoms with Crippen molar-refractivity contribution in [2.45, 2.75) is 32.8 Å². The first-order valence-electron chi connectivity index (χ1n) is 4.82. The summed E-state index contributed by atoms with van der Waals surface area (Å²) in [4.78, 5) is 4.30. The Bertz CT molecular complexity index is 330. The maximum atomic E-state index is 9.10. The zero-order valence-corrected chi connectivity index (χ0v) is 10.6. The molecule has 0 unspecified atom stereocenters. The van der Waals surface area contributed by atoms with E-state index in [0.29, 0.717) is 17.1 Å². The molecule has 1 aromatic heterocycles. The van der Waals surface area contributed by atoms with Gasteiger partial charge in [0.25, 0.3) is 0 Å². The minimum atomic E-state index is -0.431. The van der Waals surface area contributed by atoms with Gasteiger partial charge in [-0.05, 0) is 28.8 Å². The van der Waals surface area contributed by atoms with Crippen LogP contribution in [0.4, 0.5) is 5.95 Å². The van der Waals surface area contributed by atoms with E-state index in [-0.39, 0.29) is 5.92 Å². The van der Waals surface area contributed by atoms with Gasteiger partial charge in [0.2, 0.25) is 5.95 Å². The SMILES string of the molecule is CC(C)c1nc(NC[C@@H](C)O)nnc1Br. The van der Waals surface area contributed by atoms with Gasteiger partial charge in [-0.2, -0.15) is 0 Å². The number of nitrogens with one attached hydrogen (secondary N) is 1. The van der Waals surface area contributed by atoms with Gasteiger partial charge in [0.15, 0.2) is 4.60 Å². The standard InChI is InChI=1S/C9H15BrN4O/c1-5(2)7-8(10)13-14-9(12-7)11-4-6(3)15/h5-6,15H,4H2,1-3H3,(H,11,12,14)/t6-/m1/s1. The lowest BCUT2D eigenvalue weighted by atomic mass is 10.1. The van der Waals surface area contributed by atoms with Crippen LogP contribution in [0.15, 0.2) is 4.60 Å². The molecule has 1 rings (SSSR count). The predicted molar refractivity (Wildman–Crippen MR) is 61.8 cm³/mol. The predicted octanol–water partition coefficient (Wildman–Crippen LogP) is 1.55. The highest BCUT2D eigenvalue weighted by Gasteiger charge is 2.10. The van der Waals surface area contributed by atoms with Crippen LogP contribution in [0, 0.1) is 0 Å². The van der Waals surface area contributed by atoms with E-state index in [1.54, 1.807) is 6.92 Å². The van der Waals surface area contributed by atoms with Gasteiger partial charge < -0.3 is 10.4 Å². The van der Waals surface area contributed by atoms with Crippen molar-refractivity contribution < 1.29 is 5.11 Å². The first-order chi connectivity index (χ1) is 7.00. The number of hydrogen-bond acceptors (Lipinski definition) is 5. The number of aliphatic hydroxyl groups is 1. The molecule has 5 nitrogen and oxygen atoms in total. The van der Waals surface area contributed by atoms with E-state index in [2.05, 4.69) is 36.4 Å². The van der Waals surface area contributed by atoms with Gasteiger partial charge in [-0.15, -0.1) is 10.2 Å². The lowest BCUT2D eigenvalue weighted by Gasteiger charge is -2.09. The summed E-state index contributed by atoms with van der Waals surface area (Å²) >= 11 is 3.30. The van der Waals surface area contributed by atoms with Crippen molar-refractivity contribution in [2.24, 2.45) is 0 Å². The number of aliphatic hydroxyl groups excluding tert-OH is 1. The molecule has 1 aromatic rings. The molecule has 0 aliphatic rings. The molecule has 0 radical (unpaired) electrons. The fourth-order valence-corrected chi connectivity index (χ4v) is 1.63. The maximum absolute atomic E-state index is 9.10. The van der Waals surface area contributed by atoms with Crippen molar-refractivity contribution in [3.05, 3.63) is 10.3 Å². The average Bonchev–Trinajstić information content (AvgIpc) is 2.16. The monoisotopic (exact) mass is 274 g/mol. The van der Waals surface area contributed by atoms with Crippen LogP contribution in [0.3, 0.4) is 0 Å². The maximum Gasteiger partial charge on any atom is 0.243 e. The zero-order valence-electron chi connectivity index (χ0n) is 9.03. The van der Waals surface area contributed by atoms with Crippen molar-refractivity contribution in [1.29, 1.82) is 0 Å². The highest BCUT2D eigenvalue weighted by Crippen LogP contribution is 2.20. The average molecular weight is 275 g/mol. The molecule has 0 fully saturated rings. The van der Waals surface area contributed by atoms with Crippen LogP contribution < -0.4 is 5.32 Å². The second-order valence-electron chi connectivity index (χ2n) is 3.70. The molecule has 15 heavy (non-hydrogen) atoms. The molecule has 0 saturated carbocycles. The fraction of sp³-hybridized carbons (Fsp3) is 0.667. The van der Waals surface area contributed by atoms with E-state index >= 15 is 0 Å². The largest absolute Gasteiger partial charge is 0.392 e. The van der Waals surface area contributed by atoms with Crippen LogP contribution >= 0.6 is 15.9 Å². The van der Waals surface area contributed by atoms with Gasteiger partial charge in [0, 0.05) is 6.54 Å². The molecular weight excluding hydrogens is 260 g/mol. The summed E-state index contributed by atoms with van der Waals surface area (Å²) in [6.45, 7) is 6.18. The molecule has 1 heterocycles. The molecule has 0 aromatic carbocycles. The second-order valence-corrected chi connectivity index (χ2v) is 4.45. The summed E-state index contributed by atoms with van der Waals surface area (Å²) in [5, 5.41) is 19.8. The summed E-state index contributed by atoms with van der Waals surface area (Å²) in [7, 11) is 0. The Morgan fingerprint density at radius 1 is 1.33 bits per heavy atom. The van der Waals surface area contributed by atoms with Crippen LogP contribution in [0.5, 0.6) is 0 Å². The summed E-state index contributed by atoms with van der Waals surface area (Å²) in [5.41, 5.74) is 0.859. The Balaban J connectivity index is 2.78. The van der Waals surface area contributed by atoms with Crippen molar-refractivity contribution >= 4 is 21.9 Å². The van der Waals surface area contributed by atoms with Crippen LogP contribution in [0.1, 0.15) is 32.4 Å². The van der Waals surface area contributed by atoms with Crippen LogP contribution in [0.2, 0.25) is 0 Å². The number of hydrogen-bond donors (Lipinski definition) is 2. The first-order valence-corrected chi connectivity index (χ1v) is 5.62. The molecule has 6 heteroatoms. The third-order valence-electron chi connectivity index (χ3n) is 1.77. The van der Waals surface area contributed by atoms with Crippen molar-refractivity contribution in [2.75, 3.05) is 11.9 Å². The molecule has 0 bridgehead atoms. The van der Waals surface area contributed by atoms with Crippen molar-refractivity contribution in [3.8, 4) is 0 Å². The van der Waals surface area contributed by atoms with Gasteiger partial charge in [-0.3, -0.25) is 0 Å². The lowest BCUT2D eigenvalue weighted by Crippen LogP contribution is -2.18. The normalized spacial score (nSPS) is 12.9. The summed E-state index contributed by atoms with van der Waals surface area (Å²) in [6.07, 6.45) is -0.431. The van der Waals surface area contributed by atoms with E-state index in [1.165, 1.54) is 0 Å². The Hall–Kier alpha value is -0.750. The summed E-state index contributed by atoms with van der Waals surface area (Å²) < 4.78 is 0.667. The van der Waals surface area contributed by atoms with E-state index in [9.17, 15) is 0 Å². The van der Waals surface area contributed by atoms with Gasteiger partial charge in [0.05, 0.1) is 11.8 Å². The Kier molecular flexibility index (Phi) is 4.41. The number of halogens is 1. The number of rotatable bonds is 4. The molecule has 84 valence electrons. The van der Waals surface area contributed by atoms with Crippen molar-refractivity contribution in [1.82, 2.24) is 15.2 Å². The third-order valence-corrected chi connectivity index (χ3v) is 2.34. The smallest absolute Gasteiger partial charge is 0.243 e. The third kappa shape index (κ3) is 3.71. The molecule has 2 N–H and O–H groups in total.